The zero-order valence-corrected chi connectivity index (χ0v) is 19.6. The highest BCUT2D eigenvalue weighted by molar-refractivity contribution is 6.04. The number of carbonyl (C=O) groups is 1. The molecule has 3 nitrogen and oxygen atoms in total. The maximum Gasteiger partial charge on any atom is 0.255 e. The predicted octanol–water partition coefficient (Wildman–Crippen LogP) is 7.12. The van der Waals surface area contributed by atoms with Crippen LogP contribution >= 0.6 is 0 Å². The summed E-state index contributed by atoms with van der Waals surface area (Å²) in [6.07, 6.45) is 11.0. The third-order valence-corrected chi connectivity index (χ3v) is 7.89. The van der Waals surface area contributed by atoms with Crippen LogP contribution in [0.25, 0.3) is 5.57 Å². The molecule has 1 N–H and O–H groups in total. The van der Waals surface area contributed by atoms with E-state index in [0.717, 1.165) is 42.6 Å². The molecule has 3 aromatic rings. The number of fused-ring (bicyclic) bond motifs is 3. The summed E-state index contributed by atoms with van der Waals surface area (Å²) in [6, 6.07) is 21.0. The average molecular weight is 437 g/mol. The number of pyridine rings is 1. The van der Waals surface area contributed by atoms with Crippen molar-refractivity contribution in [2.75, 3.05) is 5.32 Å². The van der Waals surface area contributed by atoms with Gasteiger partial charge in [0.1, 0.15) is 0 Å². The van der Waals surface area contributed by atoms with Gasteiger partial charge in [-0.25, -0.2) is 0 Å². The smallest absolute Gasteiger partial charge is 0.255 e. The quantitative estimate of drug-likeness (QED) is 0.473. The molecule has 3 heteroatoms. The SMILES string of the molecule is CC[C@]12CC=C(c3ccccc3)C[C@H]1CCCc1cc(C(=O)Nc3cccnc3C)ccc12. The van der Waals surface area contributed by atoms with Crippen LogP contribution in [-0.2, 0) is 11.8 Å². The Morgan fingerprint density at radius 1 is 1.12 bits per heavy atom. The van der Waals surface area contributed by atoms with Gasteiger partial charge in [-0.1, -0.05) is 49.4 Å². The highest BCUT2D eigenvalue weighted by Gasteiger charge is 2.43. The van der Waals surface area contributed by atoms with Gasteiger partial charge in [-0.05, 0) is 97.9 Å². The van der Waals surface area contributed by atoms with Gasteiger partial charge in [0.05, 0.1) is 11.4 Å². The maximum atomic E-state index is 13.0. The van der Waals surface area contributed by atoms with Crippen LogP contribution in [0.15, 0.2) is 72.9 Å². The molecule has 0 unspecified atom stereocenters. The highest BCUT2D eigenvalue weighted by Crippen LogP contribution is 2.52. The van der Waals surface area contributed by atoms with Crippen molar-refractivity contribution in [3.8, 4) is 0 Å². The van der Waals surface area contributed by atoms with E-state index in [4.69, 9.17) is 0 Å². The van der Waals surface area contributed by atoms with Gasteiger partial charge in [0, 0.05) is 17.2 Å². The molecule has 2 aliphatic rings. The third-order valence-electron chi connectivity index (χ3n) is 7.89. The standard InChI is InChI=1S/C30H32N2O/c1-3-30-17-16-23(22-9-5-4-6-10-22)20-26(30)12-7-11-24-19-25(14-15-27(24)30)29(33)32-28-13-8-18-31-21(28)2/h4-6,8-10,13-16,18-19,26H,3,7,11-12,17,20H2,1-2H3,(H,32,33)/t26-,30+/m1/s1. The Bertz CT molecular complexity index is 1200. The first-order chi connectivity index (χ1) is 16.1. The number of anilines is 1. The minimum absolute atomic E-state index is 0.0600. The molecule has 0 saturated carbocycles. The number of nitrogens with one attached hydrogen (secondary N) is 1. The van der Waals surface area contributed by atoms with Crippen molar-refractivity contribution in [3.05, 3.63) is 101 Å². The van der Waals surface area contributed by atoms with Gasteiger partial charge < -0.3 is 5.32 Å². The number of nitrogens with zero attached hydrogens (tertiary/aromatic N) is 1. The second kappa shape index (κ2) is 8.97. The Morgan fingerprint density at radius 3 is 2.76 bits per heavy atom. The van der Waals surface area contributed by atoms with Crippen LogP contribution in [0.1, 0.15) is 71.8 Å². The van der Waals surface area contributed by atoms with Gasteiger partial charge in [-0.3, -0.25) is 9.78 Å². The van der Waals surface area contributed by atoms with E-state index in [2.05, 4.69) is 65.8 Å². The number of aryl methyl sites for hydroxylation is 2. The van der Waals surface area contributed by atoms with Gasteiger partial charge in [-0.15, -0.1) is 0 Å². The van der Waals surface area contributed by atoms with Crippen molar-refractivity contribution in [2.24, 2.45) is 5.92 Å². The Balaban J connectivity index is 1.46. The third kappa shape index (κ3) is 4.01. The zero-order valence-electron chi connectivity index (χ0n) is 19.6. The van der Waals surface area contributed by atoms with Crippen molar-refractivity contribution < 1.29 is 4.79 Å². The summed E-state index contributed by atoms with van der Waals surface area (Å²) in [4.78, 5) is 17.3. The minimum Gasteiger partial charge on any atom is -0.320 e. The molecule has 0 radical (unpaired) electrons. The van der Waals surface area contributed by atoms with Gasteiger partial charge in [-0.2, -0.15) is 0 Å². The topological polar surface area (TPSA) is 42.0 Å². The fourth-order valence-electron chi connectivity index (χ4n) is 6.01. The average Bonchev–Trinajstić information content (AvgIpc) is 3.02. The van der Waals surface area contributed by atoms with E-state index in [9.17, 15) is 4.79 Å². The Morgan fingerprint density at radius 2 is 1.97 bits per heavy atom. The molecular formula is C30H32N2O. The van der Waals surface area contributed by atoms with E-state index in [1.54, 1.807) is 6.20 Å². The molecule has 0 spiro atoms. The van der Waals surface area contributed by atoms with Gasteiger partial charge in [0.15, 0.2) is 0 Å². The zero-order chi connectivity index (χ0) is 22.8. The molecule has 168 valence electrons. The second-order valence-electron chi connectivity index (χ2n) is 9.56. The van der Waals surface area contributed by atoms with Crippen LogP contribution in [0.4, 0.5) is 5.69 Å². The first kappa shape index (κ1) is 21.6. The molecule has 2 atom stereocenters. The second-order valence-corrected chi connectivity index (χ2v) is 9.56. The number of rotatable bonds is 4. The Labute approximate surface area is 197 Å². The molecule has 33 heavy (non-hydrogen) atoms. The molecule has 2 aromatic carbocycles. The molecule has 1 amide bonds. The van der Waals surface area contributed by atoms with Gasteiger partial charge >= 0.3 is 0 Å². The number of hydrogen-bond acceptors (Lipinski definition) is 2. The van der Waals surface area contributed by atoms with E-state index in [-0.39, 0.29) is 11.3 Å². The number of carbonyl (C=O) groups excluding carboxylic acids is 1. The summed E-state index contributed by atoms with van der Waals surface area (Å²) in [5.74, 6) is 0.580. The summed E-state index contributed by atoms with van der Waals surface area (Å²) in [7, 11) is 0. The number of aromatic nitrogens is 1. The van der Waals surface area contributed by atoms with Crippen molar-refractivity contribution in [3.63, 3.8) is 0 Å². The molecule has 0 bridgehead atoms. The van der Waals surface area contributed by atoms with Crippen LogP contribution in [-0.4, -0.2) is 10.9 Å². The predicted molar refractivity (Wildman–Crippen MR) is 135 cm³/mol. The van der Waals surface area contributed by atoms with Crippen molar-refractivity contribution in [2.45, 2.75) is 57.8 Å². The van der Waals surface area contributed by atoms with Crippen LogP contribution in [0.3, 0.4) is 0 Å². The Kier molecular flexibility index (Phi) is 5.88. The van der Waals surface area contributed by atoms with Crippen LogP contribution in [0.2, 0.25) is 0 Å². The molecule has 0 fully saturated rings. The lowest BCUT2D eigenvalue weighted by Gasteiger charge is -2.44. The van der Waals surface area contributed by atoms with Gasteiger partial charge in [0.25, 0.3) is 5.91 Å². The van der Waals surface area contributed by atoms with E-state index in [1.165, 1.54) is 35.1 Å². The highest BCUT2D eigenvalue weighted by atomic mass is 16.1. The minimum atomic E-state index is -0.0600. The number of amides is 1. The molecular weight excluding hydrogens is 404 g/mol. The van der Waals surface area contributed by atoms with E-state index in [0.29, 0.717) is 5.92 Å². The summed E-state index contributed by atoms with van der Waals surface area (Å²) in [5, 5.41) is 3.04. The summed E-state index contributed by atoms with van der Waals surface area (Å²) >= 11 is 0. The fraction of sp³-hybridized carbons (Fsp3) is 0.333. The van der Waals surface area contributed by atoms with Gasteiger partial charge in [0.2, 0.25) is 0 Å². The van der Waals surface area contributed by atoms with Crippen LogP contribution in [0.5, 0.6) is 0 Å². The molecule has 0 aliphatic heterocycles. The van der Waals surface area contributed by atoms with E-state index >= 15 is 0 Å². The maximum absolute atomic E-state index is 13.0. The summed E-state index contributed by atoms with van der Waals surface area (Å²) in [5.41, 5.74) is 8.18. The van der Waals surface area contributed by atoms with Crippen LogP contribution < -0.4 is 5.32 Å². The molecule has 2 aliphatic carbocycles. The lowest BCUT2D eigenvalue weighted by molar-refractivity contribution is 0.102. The monoisotopic (exact) mass is 436 g/mol. The lowest BCUT2D eigenvalue weighted by atomic mass is 9.60. The van der Waals surface area contributed by atoms with Crippen molar-refractivity contribution >= 4 is 17.2 Å². The van der Waals surface area contributed by atoms with Crippen molar-refractivity contribution in [1.82, 2.24) is 4.98 Å². The Hall–Kier alpha value is -3.20. The van der Waals surface area contributed by atoms with Crippen LogP contribution in [0, 0.1) is 12.8 Å². The first-order valence-electron chi connectivity index (χ1n) is 12.2. The molecule has 0 saturated heterocycles. The fourth-order valence-corrected chi connectivity index (χ4v) is 6.01. The summed E-state index contributed by atoms with van der Waals surface area (Å²) in [6.45, 7) is 4.26. The number of hydrogen-bond donors (Lipinski definition) is 1. The molecule has 1 heterocycles. The lowest BCUT2D eigenvalue weighted by Crippen LogP contribution is -2.36. The number of allylic oxidation sites excluding steroid dienone is 2. The normalized spacial score (nSPS) is 21.9. The van der Waals surface area contributed by atoms with E-state index < -0.39 is 0 Å². The van der Waals surface area contributed by atoms with E-state index in [1.807, 2.05) is 25.1 Å². The first-order valence-corrected chi connectivity index (χ1v) is 12.2. The largest absolute Gasteiger partial charge is 0.320 e. The molecule has 1 aromatic heterocycles. The summed E-state index contributed by atoms with van der Waals surface area (Å²) < 4.78 is 0. The number of benzene rings is 2. The van der Waals surface area contributed by atoms with Crippen molar-refractivity contribution in [1.29, 1.82) is 0 Å². The molecule has 5 rings (SSSR count).